The van der Waals surface area contributed by atoms with E-state index in [0.717, 1.165) is 47.5 Å². The maximum absolute atomic E-state index is 11.9. The molecule has 2 aromatic carbocycles. The van der Waals surface area contributed by atoms with Gasteiger partial charge in [-0.05, 0) is 42.5 Å². The predicted octanol–water partition coefficient (Wildman–Crippen LogP) is 6.16. The molecule has 1 fully saturated rings. The van der Waals surface area contributed by atoms with Crippen LogP contribution in [-0.2, 0) is 11.3 Å². The maximum Gasteiger partial charge on any atom is 0.349 e. The second-order valence-corrected chi connectivity index (χ2v) is 9.97. The Morgan fingerprint density at radius 2 is 1.81 bits per heavy atom. The molecule has 3 aromatic rings. The van der Waals surface area contributed by atoms with E-state index in [-0.39, 0.29) is 0 Å². The van der Waals surface area contributed by atoms with Gasteiger partial charge in [0.15, 0.2) is 5.11 Å². The Balaban J connectivity index is 1.37. The van der Waals surface area contributed by atoms with Gasteiger partial charge in [0.1, 0.15) is 4.88 Å². The zero-order valence-electron chi connectivity index (χ0n) is 17.2. The van der Waals surface area contributed by atoms with E-state index in [0.29, 0.717) is 31.6 Å². The van der Waals surface area contributed by atoms with Gasteiger partial charge in [-0.25, -0.2) is 4.79 Å². The Labute approximate surface area is 210 Å². The summed E-state index contributed by atoms with van der Waals surface area (Å²) in [5.74, 6) is -0.433. The van der Waals surface area contributed by atoms with Crippen LogP contribution in [0.15, 0.2) is 36.4 Å². The first-order valence-electron chi connectivity index (χ1n) is 9.89. The molecule has 5 nitrogen and oxygen atoms in total. The number of methoxy groups -OCH3 is 1. The number of hydrogen-bond acceptors (Lipinski definition) is 5. The molecular formula is C22H20Cl3N3O2S2. The van der Waals surface area contributed by atoms with Crippen LogP contribution in [0.4, 0.5) is 5.69 Å². The van der Waals surface area contributed by atoms with Crippen LogP contribution >= 0.6 is 58.4 Å². The van der Waals surface area contributed by atoms with E-state index >= 15 is 0 Å². The number of fused-ring (bicyclic) bond motifs is 1. The number of thiophene rings is 1. The molecular weight excluding hydrogens is 509 g/mol. The second kappa shape index (κ2) is 10.1. The first-order chi connectivity index (χ1) is 15.4. The van der Waals surface area contributed by atoms with Crippen molar-refractivity contribution in [1.29, 1.82) is 0 Å². The summed E-state index contributed by atoms with van der Waals surface area (Å²) in [6.45, 7) is 4.02. The van der Waals surface area contributed by atoms with Gasteiger partial charge in [-0.1, -0.05) is 40.9 Å². The van der Waals surface area contributed by atoms with E-state index in [1.165, 1.54) is 18.4 Å². The van der Waals surface area contributed by atoms with Gasteiger partial charge < -0.3 is 15.0 Å². The minimum absolute atomic E-state index is 0.402. The molecule has 2 heterocycles. The van der Waals surface area contributed by atoms with Crippen molar-refractivity contribution in [2.24, 2.45) is 0 Å². The summed E-state index contributed by atoms with van der Waals surface area (Å²) in [6.07, 6.45) is 0. The molecule has 1 aromatic heterocycles. The number of ether oxygens (including phenoxy) is 1. The molecule has 0 atom stereocenters. The molecule has 1 aliphatic heterocycles. The minimum Gasteiger partial charge on any atom is -0.465 e. The SMILES string of the molecule is COC(=O)c1sc2cc(NC(=S)N3CCN(Cc4c(Cl)cccc4Cl)CC3)ccc2c1Cl. The lowest BCUT2D eigenvalue weighted by Crippen LogP contribution is -2.49. The molecule has 1 aliphatic rings. The van der Waals surface area contributed by atoms with Crippen LogP contribution < -0.4 is 5.32 Å². The highest BCUT2D eigenvalue weighted by atomic mass is 35.5. The molecule has 0 saturated carbocycles. The fourth-order valence-electron chi connectivity index (χ4n) is 3.59. The van der Waals surface area contributed by atoms with E-state index in [1.54, 1.807) is 0 Å². The third-order valence-electron chi connectivity index (χ3n) is 5.35. The summed E-state index contributed by atoms with van der Waals surface area (Å²) < 4.78 is 5.70. The number of nitrogens with one attached hydrogen (secondary N) is 1. The van der Waals surface area contributed by atoms with Gasteiger partial charge in [0.25, 0.3) is 0 Å². The Morgan fingerprint density at radius 3 is 2.47 bits per heavy atom. The molecule has 1 saturated heterocycles. The van der Waals surface area contributed by atoms with Gasteiger partial charge in [0.2, 0.25) is 0 Å². The molecule has 32 heavy (non-hydrogen) atoms. The smallest absolute Gasteiger partial charge is 0.349 e. The fourth-order valence-corrected chi connectivity index (χ4v) is 5.87. The van der Waals surface area contributed by atoms with Gasteiger partial charge in [0, 0.05) is 64.1 Å². The lowest BCUT2D eigenvalue weighted by atomic mass is 10.2. The Bertz CT molecular complexity index is 1160. The summed E-state index contributed by atoms with van der Waals surface area (Å²) >= 11 is 25.9. The highest BCUT2D eigenvalue weighted by Gasteiger charge is 2.21. The molecule has 0 radical (unpaired) electrons. The average Bonchev–Trinajstić information content (AvgIpc) is 3.12. The van der Waals surface area contributed by atoms with E-state index in [1.807, 2.05) is 36.4 Å². The van der Waals surface area contributed by atoms with Gasteiger partial charge in [-0.15, -0.1) is 11.3 Å². The number of rotatable bonds is 4. The summed E-state index contributed by atoms with van der Waals surface area (Å²) in [4.78, 5) is 16.8. The van der Waals surface area contributed by atoms with Crippen LogP contribution in [0.5, 0.6) is 0 Å². The molecule has 0 amide bonds. The average molecular weight is 529 g/mol. The molecule has 168 valence electrons. The van der Waals surface area contributed by atoms with Crippen molar-refractivity contribution in [2.45, 2.75) is 6.54 Å². The molecule has 4 rings (SSSR count). The molecule has 1 N–H and O–H groups in total. The number of carbonyl (C=O) groups is 1. The molecule has 10 heteroatoms. The number of anilines is 1. The number of benzene rings is 2. The van der Waals surface area contributed by atoms with Gasteiger partial charge in [-0.2, -0.15) is 0 Å². The highest BCUT2D eigenvalue weighted by molar-refractivity contribution is 7.80. The number of thiocarbonyl (C=S) groups is 1. The summed E-state index contributed by atoms with van der Waals surface area (Å²) in [6, 6.07) is 11.3. The molecule has 0 unspecified atom stereocenters. The van der Waals surface area contributed by atoms with Crippen molar-refractivity contribution in [3.63, 3.8) is 0 Å². The number of halogens is 3. The number of piperazine rings is 1. The van der Waals surface area contributed by atoms with Crippen LogP contribution in [0.1, 0.15) is 15.2 Å². The predicted molar refractivity (Wildman–Crippen MR) is 138 cm³/mol. The first-order valence-corrected chi connectivity index (χ1v) is 12.2. The number of esters is 1. The third-order valence-corrected chi connectivity index (χ3v) is 8.06. The lowest BCUT2D eigenvalue weighted by Gasteiger charge is -2.36. The monoisotopic (exact) mass is 527 g/mol. The van der Waals surface area contributed by atoms with Crippen molar-refractivity contribution in [3.05, 3.63) is 61.9 Å². The number of nitrogens with zero attached hydrogens (tertiary/aromatic N) is 2. The summed E-state index contributed by atoms with van der Waals surface area (Å²) in [5, 5.41) is 6.58. The lowest BCUT2D eigenvalue weighted by molar-refractivity contribution is 0.0606. The number of hydrogen-bond donors (Lipinski definition) is 1. The van der Waals surface area contributed by atoms with Crippen LogP contribution in [0.2, 0.25) is 15.1 Å². The maximum atomic E-state index is 11.9. The Morgan fingerprint density at radius 1 is 1.12 bits per heavy atom. The van der Waals surface area contributed by atoms with Crippen molar-refractivity contribution >= 4 is 85.2 Å². The van der Waals surface area contributed by atoms with Gasteiger partial charge >= 0.3 is 5.97 Å². The van der Waals surface area contributed by atoms with Crippen LogP contribution in [0, 0.1) is 0 Å². The van der Waals surface area contributed by atoms with Crippen molar-refractivity contribution in [1.82, 2.24) is 9.80 Å². The van der Waals surface area contributed by atoms with Crippen molar-refractivity contribution in [3.8, 4) is 0 Å². The van der Waals surface area contributed by atoms with E-state index < -0.39 is 5.97 Å². The summed E-state index contributed by atoms with van der Waals surface area (Å²) in [5.41, 5.74) is 1.81. The third kappa shape index (κ3) is 4.98. The van der Waals surface area contributed by atoms with E-state index in [9.17, 15) is 4.79 Å². The zero-order valence-corrected chi connectivity index (χ0v) is 21.1. The van der Waals surface area contributed by atoms with Gasteiger partial charge in [0.05, 0.1) is 12.1 Å². The van der Waals surface area contributed by atoms with Crippen molar-refractivity contribution < 1.29 is 9.53 Å². The van der Waals surface area contributed by atoms with Crippen LogP contribution in [-0.4, -0.2) is 54.2 Å². The fraction of sp³-hybridized carbons (Fsp3) is 0.273. The van der Waals surface area contributed by atoms with Gasteiger partial charge in [-0.3, -0.25) is 4.90 Å². The Kier molecular flexibility index (Phi) is 7.44. The first kappa shape index (κ1) is 23.5. The molecule has 0 aliphatic carbocycles. The molecule has 0 spiro atoms. The zero-order chi connectivity index (χ0) is 22.8. The van der Waals surface area contributed by atoms with Crippen LogP contribution in [0.3, 0.4) is 0 Å². The van der Waals surface area contributed by atoms with E-state index in [4.69, 9.17) is 51.8 Å². The molecule has 0 bridgehead atoms. The highest BCUT2D eigenvalue weighted by Crippen LogP contribution is 2.37. The minimum atomic E-state index is -0.433. The topological polar surface area (TPSA) is 44.8 Å². The normalized spacial score (nSPS) is 14.6. The summed E-state index contributed by atoms with van der Waals surface area (Å²) in [7, 11) is 1.34. The standard InChI is InChI=1S/C22H20Cl3N3O2S2/c1-30-21(29)20-19(25)14-6-5-13(11-18(14)32-20)26-22(31)28-9-7-27(8-10-28)12-15-16(23)3-2-4-17(15)24/h2-6,11H,7-10,12H2,1H3,(H,26,31). The second-order valence-electron chi connectivity index (χ2n) is 7.34. The van der Waals surface area contributed by atoms with Crippen LogP contribution in [0.25, 0.3) is 10.1 Å². The van der Waals surface area contributed by atoms with E-state index in [2.05, 4.69) is 15.1 Å². The van der Waals surface area contributed by atoms with Crippen molar-refractivity contribution in [2.75, 3.05) is 38.6 Å². The quantitative estimate of drug-likeness (QED) is 0.323. The Hall–Kier alpha value is -1.61. The number of carbonyl (C=O) groups excluding carboxylic acids is 1. The largest absolute Gasteiger partial charge is 0.465 e.